The Bertz CT molecular complexity index is 413. The highest BCUT2D eigenvalue weighted by Gasteiger charge is 2.06. The molecule has 14 heavy (non-hydrogen) atoms. The summed E-state index contributed by atoms with van der Waals surface area (Å²) in [5.74, 6) is 0.389. The molecule has 4 heteroatoms. The molecule has 0 aliphatic rings. The number of nitrogen functional groups attached to an aromatic ring is 1. The molecule has 0 amide bonds. The van der Waals surface area contributed by atoms with Crippen molar-refractivity contribution in [3.05, 3.63) is 41.6 Å². The first-order chi connectivity index (χ1) is 6.79. The highest BCUT2D eigenvalue weighted by atomic mass is 35.5. The fourth-order valence-electron chi connectivity index (χ4n) is 1.25. The van der Waals surface area contributed by atoms with Gasteiger partial charge < -0.3 is 5.73 Å². The van der Waals surface area contributed by atoms with E-state index >= 15 is 0 Å². The van der Waals surface area contributed by atoms with E-state index in [0.29, 0.717) is 10.8 Å². The molecule has 0 fully saturated rings. The van der Waals surface area contributed by atoms with Gasteiger partial charge in [0, 0.05) is 16.1 Å². The Labute approximate surface area is 86.5 Å². The van der Waals surface area contributed by atoms with Crippen LogP contribution in [0.15, 0.2) is 36.5 Å². The van der Waals surface area contributed by atoms with Crippen LogP contribution in [0.1, 0.15) is 0 Å². The third-order valence-corrected chi connectivity index (χ3v) is 2.24. The largest absolute Gasteiger partial charge is 0.382 e. The van der Waals surface area contributed by atoms with Crippen molar-refractivity contribution in [2.45, 2.75) is 0 Å². The number of rotatable bonds is 1. The van der Waals surface area contributed by atoms with Gasteiger partial charge in [-0.1, -0.05) is 29.8 Å². The van der Waals surface area contributed by atoms with E-state index in [1.54, 1.807) is 12.3 Å². The van der Waals surface area contributed by atoms with Gasteiger partial charge in [-0.05, 0) is 12.1 Å². The molecular weight excluding hydrogens is 198 g/mol. The summed E-state index contributed by atoms with van der Waals surface area (Å²) in [4.78, 5) is 0. The lowest BCUT2D eigenvalue weighted by Gasteiger charge is -2.04. The molecule has 2 aromatic rings. The van der Waals surface area contributed by atoms with Crippen LogP contribution in [0.25, 0.3) is 11.1 Å². The lowest BCUT2D eigenvalue weighted by molar-refractivity contribution is 1.04. The minimum atomic E-state index is 0.389. The molecule has 1 heterocycles. The van der Waals surface area contributed by atoms with Gasteiger partial charge in [0.15, 0.2) is 5.82 Å². The normalized spacial score (nSPS) is 10.1. The average molecular weight is 206 g/mol. The first-order valence-electron chi connectivity index (χ1n) is 4.11. The summed E-state index contributed by atoms with van der Waals surface area (Å²) in [7, 11) is 0. The van der Waals surface area contributed by atoms with Crippen LogP contribution in [-0.4, -0.2) is 10.2 Å². The second kappa shape index (κ2) is 3.64. The fourth-order valence-corrected chi connectivity index (χ4v) is 1.49. The van der Waals surface area contributed by atoms with Crippen molar-refractivity contribution in [1.29, 1.82) is 0 Å². The fraction of sp³-hybridized carbons (Fsp3) is 0. The Hall–Kier alpha value is -1.61. The van der Waals surface area contributed by atoms with Crippen LogP contribution in [0.3, 0.4) is 0 Å². The summed E-state index contributed by atoms with van der Waals surface area (Å²) in [6, 6.07) is 9.29. The zero-order chi connectivity index (χ0) is 9.97. The van der Waals surface area contributed by atoms with Crippen LogP contribution in [0.4, 0.5) is 5.82 Å². The highest BCUT2D eigenvalue weighted by Crippen LogP contribution is 2.29. The summed E-state index contributed by atoms with van der Waals surface area (Å²) >= 11 is 6.03. The van der Waals surface area contributed by atoms with E-state index in [-0.39, 0.29) is 0 Å². The van der Waals surface area contributed by atoms with Crippen LogP contribution in [0, 0.1) is 0 Å². The van der Waals surface area contributed by atoms with Gasteiger partial charge in [-0.3, -0.25) is 0 Å². The number of anilines is 1. The molecule has 0 unspecified atom stereocenters. The molecule has 1 aromatic carbocycles. The summed E-state index contributed by atoms with van der Waals surface area (Å²) in [6.07, 6.45) is 1.59. The molecule has 2 N–H and O–H groups in total. The number of nitrogens with two attached hydrogens (primary N) is 1. The van der Waals surface area contributed by atoms with E-state index in [2.05, 4.69) is 10.2 Å². The van der Waals surface area contributed by atoms with Crippen molar-refractivity contribution < 1.29 is 0 Å². The Morgan fingerprint density at radius 2 is 1.86 bits per heavy atom. The number of hydrogen-bond donors (Lipinski definition) is 1. The highest BCUT2D eigenvalue weighted by molar-refractivity contribution is 6.33. The van der Waals surface area contributed by atoms with Gasteiger partial charge >= 0.3 is 0 Å². The molecule has 0 atom stereocenters. The van der Waals surface area contributed by atoms with Gasteiger partial charge in [0.1, 0.15) is 0 Å². The number of aromatic nitrogens is 2. The van der Waals surface area contributed by atoms with E-state index in [4.69, 9.17) is 17.3 Å². The smallest absolute Gasteiger partial charge is 0.154 e. The Balaban J connectivity index is 2.61. The van der Waals surface area contributed by atoms with Crippen LogP contribution < -0.4 is 5.73 Å². The zero-order valence-corrected chi connectivity index (χ0v) is 8.07. The van der Waals surface area contributed by atoms with Gasteiger partial charge in [0.25, 0.3) is 0 Å². The Morgan fingerprint density at radius 1 is 1.07 bits per heavy atom. The molecule has 3 nitrogen and oxygen atoms in total. The number of benzene rings is 1. The SMILES string of the molecule is Nc1nnccc1-c1ccccc1Cl. The number of halogens is 1. The molecule has 0 saturated heterocycles. The van der Waals surface area contributed by atoms with Crippen molar-refractivity contribution >= 4 is 17.4 Å². The van der Waals surface area contributed by atoms with Crippen molar-refractivity contribution in [1.82, 2.24) is 10.2 Å². The first kappa shape index (κ1) is 8.97. The molecular formula is C10H8ClN3. The molecule has 0 bridgehead atoms. The topological polar surface area (TPSA) is 51.8 Å². The number of nitrogens with zero attached hydrogens (tertiary/aromatic N) is 2. The molecule has 0 saturated carbocycles. The van der Waals surface area contributed by atoms with E-state index in [0.717, 1.165) is 11.1 Å². The standard InChI is InChI=1S/C10H8ClN3/c11-9-4-2-1-3-7(9)8-5-6-13-14-10(8)12/h1-6H,(H2,12,14). The molecule has 70 valence electrons. The number of hydrogen-bond acceptors (Lipinski definition) is 3. The van der Waals surface area contributed by atoms with Gasteiger partial charge in [0.2, 0.25) is 0 Å². The van der Waals surface area contributed by atoms with Gasteiger partial charge in [-0.2, -0.15) is 5.10 Å². The van der Waals surface area contributed by atoms with E-state index in [9.17, 15) is 0 Å². The summed E-state index contributed by atoms with van der Waals surface area (Å²) in [5.41, 5.74) is 7.38. The first-order valence-corrected chi connectivity index (χ1v) is 4.49. The van der Waals surface area contributed by atoms with Crippen LogP contribution in [-0.2, 0) is 0 Å². The maximum atomic E-state index is 6.03. The third-order valence-electron chi connectivity index (χ3n) is 1.91. The quantitative estimate of drug-likeness (QED) is 0.778. The molecule has 2 rings (SSSR count). The van der Waals surface area contributed by atoms with Crippen LogP contribution in [0.5, 0.6) is 0 Å². The molecule has 0 aliphatic carbocycles. The van der Waals surface area contributed by atoms with Crippen molar-refractivity contribution in [3.63, 3.8) is 0 Å². The molecule has 0 aliphatic heterocycles. The van der Waals surface area contributed by atoms with E-state index in [1.165, 1.54) is 0 Å². The summed E-state index contributed by atoms with van der Waals surface area (Å²) in [5, 5.41) is 8.11. The summed E-state index contributed by atoms with van der Waals surface area (Å²) in [6.45, 7) is 0. The van der Waals surface area contributed by atoms with E-state index < -0.39 is 0 Å². The zero-order valence-electron chi connectivity index (χ0n) is 7.31. The second-order valence-corrected chi connectivity index (χ2v) is 3.22. The lowest BCUT2D eigenvalue weighted by Crippen LogP contribution is -1.95. The monoisotopic (exact) mass is 205 g/mol. The Morgan fingerprint density at radius 3 is 2.57 bits per heavy atom. The van der Waals surface area contributed by atoms with Crippen molar-refractivity contribution in [2.24, 2.45) is 0 Å². The van der Waals surface area contributed by atoms with Crippen LogP contribution >= 0.6 is 11.6 Å². The maximum Gasteiger partial charge on any atom is 0.154 e. The van der Waals surface area contributed by atoms with Gasteiger partial charge in [-0.15, -0.1) is 5.10 Å². The predicted octanol–water partition coefficient (Wildman–Crippen LogP) is 2.38. The van der Waals surface area contributed by atoms with Crippen molar-refractivity contribution in [2.75, 3.05) is 5.73 Å². The molecule has 0 radical (unpaired) electrons. The van der Waals surface area contributed by atoms with Gasteiger partial charge in [0.05, 0.1) is 6.20 Å². The molecule has 1 aromatic heterocycles. The lowest BCUT2D eigenvalue weighted by atomic mass is 10.1. The van der Waals surface area contributed by atoms with Crippen LogP contribution in [0.2, 0.25) is 5.02 Å². The average Bonchev–Trinajstić information content (AvgIpc) is 2.20. The minimum Gasteiger partial charge on any atom is -0.382 e. The minimum absolute atomic E-state index is 0.389. The predicted molar refractivity (Wildman–Crippen MR) is 56.9 cm³/mol. The molecule has 0 spiro atoms. The van der Waals surface area contributed by atoms with Gasteiger partial charge in [-0.25, -0.2) is 0 Å². The Kier molecular flexibility index (Phi) is 2.33. The summed E-state index contributed by atoms with van der Waals surface area (Å²) < 4.78 is 0. The maximum absolute atomic E-state index is 6.03. The van der Waals surface area contributed by atoms with Crippen molar-refractivity contribution in [3.8, 4) is 11.1 Å². The van der Waals surface area contributed by atoms with E-state index in [1.807, 2.05) is 24.3 Å². The third kappa shape index (κ3) is 1.54. The second-order valence-electron chi connectivity index (χ2n) is 2.81.